The lowest BCUT2D eigenvalue weighted by Crippen LogP contribution is -2.16. The second-order valence-corrected chi connectivity index (χ2v) is 11.1. The summed E-state index contributed by atoms with van der Waals surface area (Å²) >= 11 is 0. The first kappa shape index (κ1) is 30.5. The summed E-state index contributed by atoms with van der Waals surface area (Å²) in [5.41, 5.74) is -2.17. The van der Waals surface area contributed by atoms with Gasteiger partial charge in [0.2, 0.25) is 0 Å². The Morgan fingerprint density at radius 3 is 2.00 bits per heavy atom. The van der Waals surface area contributed by atoms with Gasteiger partial charge in [0.05, 0.1) is 13.2 Å². The number of hydrogen-bond donors (Lipinski definition) is 2. The maximum absolute atomic E-state index is 14.4. The molecule has 1 unspecified atom stereocenters. The zero-order chi connectivity index (χ0) is 28.3. The molecule has 0 aliphatic heterocycles. The zero-order valence-corrected chi connectivity index (χ0v) is 23.3. The third-order valence-electron chi connectivity index (χ3n) is 6.25. The van der Waals surface area contributed by atoms with Crippen molar-refractivity contribution in [2.75, 3.05) is 18.5 Å². The van der Waals surface area contributed by atoms with Crippen molar-refractivity contribution < 1.29 is 32.3 Å². The van der Waals surface area contributed by atoms with Crippen LogP contribution >= 0.6 is 7.60 Å². The van der Waals surface area contributed by atoms with E-state index < -0.39 is 24.7 Å². The van der Waals surface area contributed by atoms with Gasteiger partial charge < -0.3 is 19.5 Å². The fourth-order valence-corrected chi connectivity index (χ4v) is 4.99. The van der Waals surface area contributed by atoms with Gasteiger partial charge in [-0.1, -0.05) is 75.4 Å². The molecule has 0 aromatic heterocycles. The van der Waals surface area contributed by atoms with Gasteiger partial charge in [0.1, 0.15) is 5.75 Å². The maximum atomic E-state index is 14.4. The predicted molar refractivity (Wildman–Crippen MR) is 150 cm³/mol. The normalized spacial score (nSPS) is 13.1. The van der Waals surface area contributed by atoms with Crippen LogP contribution in [-0.4, -0.2) is 24.0 Å². The van der Waals surface area contributed by atoms with Crippen LogP contribution < -0.4 is 10.1 Å². The Balaban J connectivity index is 1.53. The lowest BCUT2D eigenvalue weighted by molar-refractivity contribution is 0.0466. The van der Waals surface area contributed by atoms with E-state index >= 15 is 0 Å². The van der Waals surface area contributed by atoms with Crippen molar-refractivity contribution in [1.29, 1.82) is 0 Å². The van der Waals surface area contributed by atoms with Gasteiger partial charge in [-0.05, 0) is 60.9 Å². The van der Waals surface area contributed by atoms with Crippen molar-refractivity contribution in [1.82, 2.24) is 0 Å². The van der Waals surface area contributed by atoms with Crippen LogP contribution in [-0.2, 0) is 14.8 Å². The van der Waals surface area contributed by atoms with Crippen molar-refractivity contribution >= 4 is 19.2 Å². The average molecular weight is 560 g/mol. The number of hydrogen-bond acceptors (Lipinski definition) is 4. The molecule has 0 spiro atoms. The molecule has 0 bridgehead atoms. The Morgan fingerprint density at radius 2 is 1.41 bits per heavy atom. The zero-order valence-electron chi connectivity index (χ0n) is 22.4. The highest BCUT2D eigenvalue weighted by atomic mass is 31.2. The van der Waals surface area contributed by atoms with Crippen LogP contribution in [0.5, 0.6) is 5.75 Å². The topological polar surface area (TPSA) is 84.9 Å². The Kier molecular flexibility index (Phi) is 11.2. The number of nitrogens with one attached hydrogen (secondary N) is 1. The van der Waals surface area contributed by atoms with Crippen LogP contribution in [0.4, 0.5) is 14.5 Å². The Labute approximate surface area is 228 Å². The first-order valence-electron chi connectivity index (χ1n) is 13.3. The quantitative estimate of drug-likeness (QED) is 0.144. The first-order valence-corrected chi connectivity index (χ1v) is 14.9. The van der Waals surface area contributed by atoms with Crippen molar-refractivity contribution in [3.05, 3.63) is 83.9 Å². The number of ether oxygens (including phenoxy) is 1. The molecule has 0 fully saturated rings. The van der Waals surface area contributed by atoms with Crippen LogP contribution in [0.3, 0.4) is 0 Å². The molecule has 0 saturated heterocycles. The van der Waals surface area contributed by atoms with E-state index in [4.69, 9.17) is 4.74 Å². The summed E-state index contributed by atoms with van der Waals surface area (Å²) in [7, 11) is -5.18. The summed E-state index contributed by atoms with van der Waals surface area (Å²) in [6, 6.07) is 19.3. The summed E-state index contributed by atoms with van der Waals surface area (Å²) in [5, 5.41) is 2.64. The van der Waals surface area contributed by atoms with E-state index in [-0.39, 0.29) is 12.3 Å². The van der Waals surface area contributed by atoms with Gasteiger partial charge in [-0.2, -0.15) is 8.78 Å². The van der Waals surface area contributed by atoms with E-state index in [2.05, 4.69) is 16.8 Å². The summed E-state index contributed by atoms with van der Waals surface area (Å²) in [6.45, 7) is 3.94. The van der Waals surface area contributed by atoms with Crippen LogP contribution in [0.15, 0.2) is 72.8 Å². The molecule has 3 rings (SSSR count). The van der Waals surface area contributed by atoms with Crippen LogP contribution in [0.25, 0.3) is 11.1 Å². The number of rotatable bonds is 15. The second-order valence-electron chi connectivity index (χ2n) is 9.23. The smallest absolute Gasteiger partial charge is 0.401 e. The van der Waals surface area contributed by atoms with E-state index in [0.29, 0.717) is 12.2 Å². The van der Waals surface area contributed by atoms with Gasteiger partial charge >= 0.3 is 13.3 Å². The Bertz CT molecular complexity index is 1230. The molecular formula is C30H36F2NO5P. The van der Waals surface area contributed by atoms with Gasteiger partial charge in [-0.25, -0.2) is 0 Å². The molecule has 1 atom stereocenters. The third kappa shape index (κ3) is 8.46. The van der Waals surface area contributed by atoms with Gasteiger partial charge in [0.25, 0.3) is 5.91 Å². The molecule has 3 aromatic carbocycles. The predicted octanol–water partition coefficient (Wildman–Crippen LogP) is 8.62. The molecule has 6 nitrogen and oxygen atoms in total. The molecule has 2 N–H and O–H groups in total. The van der Waals surface area contributed by atoms with Gasteiger partial charge in [-0.15, -0.1) is 0 Å². The van der Waals surface area contributed by atoms with Crippen LogP contribution in [0.1, 0.15) is 68.3 Å². The minimum atomic E-state index is -5.18. The lowest BCUT2D eigenvalue weighted by Gasteiger charge is -2.22. The Morgan fingerprint density at radius 1 is 0.846 bits per heavy atom. The van der Waals surface area contributed by atoms with Crippen molar-refractivity contribution in [2.24, 2.45) is 0 Å². The molecule has 0 aliphatic rings. The maximum Gasteiger partial charge on any atom is 0.401 e. The first-order chi connectivity index (χ1) is 18.7. The van der Waals surface area contributed by atoms with Crippen molar-refractivity contribution in [3.63, 3.8) is 0 Å². The van der Waals surface area contributed by atoms with Crippen LogP contribution in [0.2, 0.25) is 0 Å². The van der Waals surface area contributed by atoms with Gasteiger partial charge in [-0.3, -0.25) is 9.36 Å². The summed E-state index contributed by atoms with van der Waals surface area (Å²) in [4.78, 5) is 22.2. The summed E-state index contributed by atoms with van der Waals surface area (Å²) in [5.74, 6) is 0.411. The minimum Gasteiger partial charge on any atom is -0.494 e. The fraction of sp³-hybridized carbons (Fsp3) is 0.367. The molecule has 0 aliphatic carbocycles. The van der Waals surface area contributed by atoms with E-state index in [1.807, 2.05) is 36.4 Å². The van der Waals surface area contributed by atoms with Gasteiger partial charge in [0, 0.05) is 16.8 Å². The van der Waals surface area contributed by atoms with E-state index in [1.54, 1.807) is 12.1 Å². The number of halogens is 2. The largest absolute Gasteiger partial charge is 0.494 e. The Hall–Kier alpha value is -3.06. The lowest BCUT2D eigenvalue weighted by atomic mass is 10.0. The van der Waals surface area contributed by atoms with E-state index in [9.17, 15) is 23.0 Å². The summed E-state index contributed by atoms with van der Waals surface area (Å²) in [6.07, 6.45) is 7.29. The molecule has 0 heterocycles. The number of carbonyl (C=O) groups excluding carboxylic acids is 1. The van der Waals surface area contributed by atoms with Crippen molar-refractivity contribution in [2.45, 2.75) is 58.0 Å². The molecule has 0 radical (unpaired) electrons. The highest BCUT2D eigenvalue weighted by Crippen LogP contribution is 2.63. The number of benzene rings is 3. The molecule has 1 amide bonds. The number of anilines is 1. The number of carbonyl (C=O) groups is 1. The third-order valence-corrected chi connectivity index (χ3v) is 7.83. The number of unbranched alkanes of at least 4 members (excludes halogenated alkanes) is 5. The van der Waals surface area contributed by atoms with Gasteiger partial charge in [0.15, 0.2) is 0 Å². The second kappa shape index (κ2) is 14.4. The fourth-order valence-electron chi connectivity index (χ4n) is 4.01. The molecular weight excluding hydrogens is 523 g/mol. The molecule has 0 saturated carbocycles. The average Bonchev–Trinajstić information content (AvgIpc) is 2.93. The number of amides is 1. The molecule has 9 heteroatoms. The summed E-state index contributed by atoms with van der Waals surface area (Å²) < 4.78 is 50.8. The minimum absolute atomic E-state index is 0.268. The SMILES string of the molecule is CCCCCCCCOc1ccc(-c2ccc(C(=O)Nc3ccc(C(F)(F)P(=O)(O)OCC)cc3)cc2)cc1. The molecule has 210 valence electrons. The molecule has 39 heavy (non-hydrogen) atoms. The molecule has 3 aromatic rings. The van der Waals surface area contributed by atoms with E-state index in [1.165, 1.54) is 51.2 Å². The number of alkyl halides is 2. The highest BCUT2D eigenvalue weighted by molar-refractivity contribution is 7.53. The standard InChI is InChI=1S/C30H36F2NO5P/c1-3-5-6-7-8-9-22-37-28-20-14-24(15-21-28)23-10-12-25(13-11-23)29(34)33-27-18-16-26(17-19-27)30(31,32)39(35,36)38-4-2/h10-21H,3-9,22H2,1-2H3,(H,33,34)(H,35,36). The van der Waals surface area contributed by atoms with Crippen molar-refractivity contribution in [3.8, 4) is 16.9 Å². The highest BCUT2D eigenvalue weighted by Gasteiger charge is 2.52. The monoisotopic (exact) mass is 559 g/mol. The van der Waals surface area contributed by atoms with E-state index in [0.717, 1.165) is 35.4 Å². The van der Waals surface area contributed by atoms with Crippen LogP contribution in [0, 0.1) is 0 Å².